The normalized spacial score (nSPS) is 21.9. The number of piperidine rings is 1. The first-order valence-electron chi connectivity index (χ1n) is 9.54. The van der Waals surface area contributed by atoms with Crippen molar-refractivity contribution in [3.8, 4) is 5.88 Å². The quantitative estimate of drug-likeness (QED) is 0.588. The molecule has 3 rings (SSSR count). The number of likely N-dealkylation sites (tertiary alicyclic amines) is 1. The number of carbonyl (C=O) groups is 1. The van der Waals surface area contributed by atoms with E-state index in [0.29, 0.717) is 25.4 Å². The SMILES string of the molecule is CN=C(NCc1ccnc(OC2CCOCC2)c1)NC1CCC(=O)N(C)C1. The largest absolute Gasteiger partial charge is 0.474 e. The Morgan fingerprint density at radius 3 is 2.96 bits per heavy atom. The van der Waals surface area contributed by atoms with Gasteiger partial charge in [-0.1, -0.05) is 0 Å². The summed E-state index contributed by atoms with van der Waals surface area (Å²) in [6.45, 7) is 2.80. The lowest BCUT2D eigenvalue weighted by Crippen LogP contribution is -2.51. The van der Waals surface area contributed by atoms with Crippen LogP contribution in [0.25, 0.3) is 0 Å². The van der Waals surface area contributed by atoms with Crippen molar-refractivity contribution in [3.63, 3.8) is 0 Å². The van der Waals surface area contributed by atoms with E-state index in [2.05, 4.69) is 20.6 Å². The van der Waals surface area contributed by atoms with Crippen LogP contribution in [0.3, 0.4) is 0 Å². The monoisotopic (exact) mass is 375 g/mol. The number of nitrogens with one attached hydrogen (secondary N) is 2. The summed E-state index contributed by atoms with van der Waals surface area (Å²) in [5, 5.41) is 6.71. The summed E-state index contributed by atoms with van der Waals surface area (Å²) in [4.78, 5) is 22.0. The van der Waals surface area contributed by atoms with E-state index in [1.165, 1.54) is 0 Å². The fourth-order valence-corrected chi connectivity index (χ4v) is 3.29. The molecule has 0 spiro atoms. The Kier molecular flexibility index (Phi) is 6.86. The minimum absolute atomic E-state index is 0.176. The molecule has 0 bridgehead atoms. The van der Waals surface area contributed by atoms with E-state index in [0.717, 1.165) is 44.0 Å². The molecule has 27 heavy (non-hydrogen) atoms. The average molecular weight is 375 g/mol. The number of carbonyl (C=O) groups excluding carboxylic acids is 1. The van der Waals surface area contributed by atoms with Crippen LogP contribution in [0.2, 0.25) is 0 Å². The highest BCUT2D eigenvalue weighted by Crippen LogP contribution is 2.17. The Morgan fingerprint density at radius 2 is 2.22 bits per heavy atom. The topological polar surface area (TPSA) is 88.1 Å². The van der Waals surface area contributed by atoms with Crippen molar-refractivity contribution in [3.05, 3.63) is 23.9 Å². The number of likely N-dealkylation sites (N-methyl/N-ethyl adjacent to an activating group) is 1. The zero-order valence-corrected chi connectivity index (χ0v) is 16.1. The molecule has 2 fully saturated rings. The maximum Gasteiger partial charge on any atom is 0.222 e. The molecule has 1 amide bonds. The zero-order valence-electron chi connectivity index (χ0n) is 16.1. The first-order chi connectivity index (χ1) is 13.1. The highest BCUT2D eigenvalue weighted by Gasteiger charge is 2.23. The van der Waals surface area contributed by atoms with Gasteiger partial charge in [0.15, 0.2) is 5.96 Å². The van der Waals surface area contributed by atoms with Crippen LogP contribution >= 0.6 is 0 Å². The minimum Gasteiger partial charge on any atom is -0.474 e. The predicted molar refractivity (Wildman–Crippen MR) is 103 cm³/mol. The van der Waals surface area contributed by atoms with Crippen molar-refractivity contribution >= 4 is 11.9 Å². The van der Waals surface area contributed by atoms with Crippen LogP contribution in [0.1, 0.15) is 31.2 Å². The van der Waals surface area contributed by atoms with Crippen LogP contribution in [-0.2, 0) is 16.1 Å². The number of ether oxygens (including phenoxy) is 2. The summed E-state index contributed by atoms with van der Waals surface area (Å²) in [5.41, 5.74) is 1.07. The van der Waals surface area contributed by atoms with Gasteiger partial charge in [-0.25, -0.2) is 4.98 Å². The summed E-state index contributed by atoms with van der Waals surface area (Å²) in [7, 11) is 3.59. The zero-order chi connectivity index (χ0) is 19.1. The molecule has 0 saturated carbocycles. The molecule has 1 aromatic heterocycles. The highest BCUT2D eigenvalue weighted by atomic mass is 16.5. The van der Waals surface area contributed by atoms with E-state index < -0.39 is 0 Å². The number of guanidine groups is 1. The number of amides is 1. The van der Waals surface area contributed by atoms with Gasteiger partial charge in [-0.15, -0.1) is 0 Å². The van der Waals surface area contributed by atoms with Crippen LogP contribution in [0.5, 0.6) is 5.88 Å². The lowest BCUT2D eigenvalue weighted by Gasteiger charge is -2.31. The number of nitrogens with zero attached hydrogens (tertiary/aromatic N) is 3. The molecule has 148 valence electrons. The molecule has 1 atom stereocenters. The van der Waals surface area contributed by atoms with Gasteiger partial charge in [0.05, 0.1) is 13.2 Å². The predicted octanol–water partition coefficient (Wildman–Crippen LogP) is 0.925. The molecule has 1 aromatic rings. The second kappa shape index (κ2) is 9.55. The van der Waals surface area contributed by atoms with Gasteiger partial charge in [-0.2, -0.15) is 0 Å². The number of aromatic nitrogens is 1. The molecular formula is C19H29N5O3. The van der Waals surface area contributed by atoms with Gasteiger partial charge in [0.1, 0.15) is 6.10 Å². The number of pyridine rings is 1. The van der Waals surface area contributed by atoms with E-state index in [1.807, 2.05) is 19.2 Å². The van der Waals surface area contributed by atoms with Crippen LogP contribution < -0.4 is 15.4 Å². The van der Waals surface area contributed by atoms with Crippen molar-refractivity contribution in [1.82, 2.24) is 20.5 Å². The van der Waals surface area contributed by atoms with Crippen molar-refractivity contribution in [2.24, 2.45) is 4.99 Å². The molecule has 8 heteroatoms. The number of rotatable bonds is 5. The summed E-state index contributed by atoms with van der Waals surface area (Å²) in [6, 6.07) is 4.14. The summed E-state index contributed by atoms with van der Waals surface area (Å²) in [6.07, 6.45) is 5.14. The minimum atomic E-state index is 0.176. The molecule has 2 aliphatic rings. The molecular weight excluding hydrogens is 346 g/mol. The Balaban J connectivity index is 1.49. The smallest absolute Gasteiger partial charge is 0.222 e. The Morgan fingerprint density at radius 1 is 1.41 bits per heavy atom. The van der Waals surface area contributed by atoms with Crippen molar-refractivity contribution in [2.75, 3.05) is 33.9 Å². The van der Waals surface area contributed by atoms with Crippen molar-refractivity contribution in [1.29, 1.82) is 0 Å². The molecule has 0 radical (unpaired) electrons. The number of aliphatic imine (C=N–C) groups is 1. The van der Waals surface area contributed by atoms with E-state index in [-0.39, 0.29) is 18.1 Å². The van der Waals surface area contributed by atoms with Crippen molar-refractivity contribution in [2.45, 2.75) is 44.4 Å². The van der Waals surface area contributed by atoms with E-state index >= 15 is 0 Å². The Hall–Kier alpha value is -2.35. The maximum atomic E-state index is 11.6. The van der Waals surface area contributed by atoms with Gasteiger partial charge in [0.2, 0.25) is 11.8 Å². The van der Waals surface area contributed by atoms with E-state index in [4.69, 9.17) is 9.47 Å². The van der Waals surface area contributed by atoms with Crippen LogP contribution in [0.15, 0.2) is 23.3 Å². The summed E-state index contributed by atoms with van der Waals surface area (Å²) >= 11 is 0. The van der Waals surface area contributed by atoms with Gasteiger partial charge in [-0.3, -0.25) is 9.79 Å². The van der Waals surface area contributed by atoms with Gasteiger partial charge >= 0.3 is 0 Å². The van der Waals surface area contributed by atoms with Gasteiger partial charge in [0, 0.05) is 64.8 Å². The van der Waals surface area contributed by atoms with Crippen LogP contribution in [0, 0.1) is 0 Å². The molecule has 2 aliphatic heterocycles. The average Bonchev–Trinajstić information content (AvgIpc) is 2.69. The van der Waals surface area contributed by atoms with E-state index in [1.54, 1.807) is 18.1 Å². The molecule has 1 unspecified atom stereocenters. The fourth-order valence-electron chi connectivity index (χ4n) is 3.29. The highest BCUT2D eigenvalue weighted by molar-refractivity contribution is 5.81. The Labute approximate surface area is 160 Å². The van der Waals surface area contributed by atoms with Gasteiger partial charge in [0.25, 0.3) is 0 Å². The second-order valence-electron chi connectivity index (χ2n) is 7.01. The second-order valence-corrected chi connectivity index (χ2v) is 7.01. The third-order valence-electron chi connectivity index (χ3n) is 4.91. The molecule has 0 aromatic carbocycles. The van der Waals surface area contributed by atoms with Gasteiger partial charge < -0.3 is 25.0 Å². The third kappa shape index (κ3) is 5.82. The first kappa shape index (κ1) is 19.4. The fraction of sp³-hybridized carbons (Fsp3) is 0.632. The summed E-state index contributed by atoms with van der Waals surface area (Å²) in [5.74, 6) is 1.58. The standard InChI is InChI=1S/C19H29N5O3/c1-20-19(23-15-3-4-18(25)24(2)13-15)22-12-14-5-8-21-17(11-14)27-16-6-9-26-10-7-16/h5,8,11,15-16H,3-4,6-7,9-10,12-13H2,1-2H3,(H2,20,22,23). The Bertz CT molecular complexity index is 661. The lowest BCUT2D eigenvalue weighted by molar-refractivity contribution is -0.132. The molecule has 3 heterocycles. The van der Waals surface area contributed by atoms with E-state index in [9.17, 15) is 4.79 Å². The third-order valence-corrected chi connectivity index (χ3v) is 4.91. The van der Waals surface area contributed by atoms with Gasteiger partial charge in [-0.05, 0) is 18.1 Å². The van der Waals surface area contributed by atoms with Crippen LogP contribution in [0.4, 0.5) is 0 Å². The molecule has 0 aliphatic carbocycles. The first-order valence-corrected chi connectivity index (χ1v) is 9.54. The number of hydrogen-bond acceptors (Lipinski definition) is 5. The molecule has 2 N–H and O–H groups in total. The molecule has 8 nitrogen and oxygen atoms in total. The summed E-state index contributed by atoms with van der Waals surface area (Å²) < 4.78 is 11.3. The molecule has 2 saturated heterocycles. The van der Waals surface area contributed by atoms with Crippen molar-refractivity contribution < 1.29 is 14.3 Å². The van der Waals surface area contributed by atoms with Crippen LogP contribution in [-0.4, -0.2) is 67.8 Å². The number of hydrogen-bond donors (Lipinski definition) is 2. The maximum absolute atomic E-state index is 11.6. The lowest BCUT2D eigenvalue weighted by atomic mass is 10.1.